The van der Waals surface area contributed by atoms with Crippen molar-refractivity contribution in [3.8, 4) is 11.1 Å². The fourth-order valence-corrected chi connectivity index (χ4v) is 4.97. The van der Waals surface area contributed by atoms with E-state index in [1.807, 2.05) is 32.0 Å². The Balaban J connectivity index is 1.59. The molecule has 28 heavy (non-hydrogen) atoms. The van der Waals surface area contributed by atoms with E-state index in [2.05, 4.69) is 24.3 Å². The third kappa shape index (κ3) is 3.68. The van der Waals surface area contributed by atoms with Crippen molar-refractivity contribution in [2.45, 2.75) is 45.4 Å². The van der Waals surface area contributed by atoms with Crippen LogP contribution in [-0.2, 0) is 14.3 Å². The Labute approximate surface area is 167 Å². The minimum absolute atomic E-state index is 0.0979. The minimum atomic E-state index is -0.574. The molecule has 2 aliphatic rings. The predicted molar refractivity (Wildman–Crippen MR) is 110 cm³/mol. The molecule has 0 N–H and O–H groups in total. The van der Waals surface area contributed by atoms with Crippen LogP contribution < -0.4 is 0 Å². The van der Waals surface area contributed by atoms with E-state index < -0.39 is 5.92 Å². The van der Waals surface area contributed by atoms with Gasteiger partial charge in [-0.1, -0.05) is 42.5 Å². The van der Waals surface area contributed by atoms with Crippen molar-refractivity contribution in [2.24, 2.45) is 11.8 Å². The molecule has 3 nitrogen and oxygen atoms in total. The summed E-state index contributed by atoms with van der Waals surface area (Å²) >= 11 is 0. The SMILES string of the molecule is Cc1cc(-c2ccccc2)cc(C)c1C1C(=O)CC(CC2CCOCC2)C1=O. The monoisotopic (exact) mass is 376 g/mol. The number of ether oxygens (including phenoxy) is 1. The fraction of sp³-hybridized carbons (Fsp3) is 0.440. The van der Waals surface area contributed by atoms with Gasteiger partial charge in [-0.3, -0.25) is 9.59 Å². The lowest BCUT2D eigenvalue weighted by atomic mass is 9.83. The first-order valence-corrected chi connectivity index (χ1v) is 10.4. The second-order valence-electron chi connectivity index (χ2n) is 8.38. The zero-order valence-corrected chi connectivity index (χ0v) is 16.7. The molecule has 3 heteroatoms. The van der Waals surface area contributed by atoms with Crippen molar-refractivity contribution < 1.29 is 14.3 Å². The molecule has 0 bridgehead atoms. The first kappa shape index (κ1) is 19.1. The number of hydrogen-bond acceptors (Lipinski definition) is 3. The van der Waals surface area contributed by atoms with Crippen molar-refractivity contribution in [1.82, 2.24) is 0 Å². The molecule has 1 saturated carbocycles. The van der Waals surface area contributed by atoms with E-state index in [0.717, 1.165) is 60.3 Å². The van der Waals surface area contributed by atoms with Gasteiger partial charge in [0.1, 0.15) is 11.7 Å². The van der Waals surface area contributed by atoms with Gasteiger partial charge in [-0.2, -0.15) is 0 Å². The summed E-state index contributed by atoms with van der Waals surface area (Å²) in [4.78, 5) is 26.0. The Kier molecular flexibility index (Phi) is 5.45. The quantitative estimate of drug-likeness (QED) is 0.703. The van der Waals surface area contributed by atoms with Gasteiger partial charge in [-0.25, -0.2) is 0 Å². The molecule has 1 saturated heterocycles. The summed E-state index contributed by atoms with van der Waals surface area (Å²) in [6.07, 6.45) is 3.25. The third-order valence-corrected chi connectivity index (χ3v) is 6.40. The van der Waals surface area contributed by atoms with E-state index in [9.17, 15) is 9.59 Å². The van der Waals surface area contributed by atoms with E-state index >= 15 is 0 Å². The van der Waals surface area contributed by atoms with Crippen LogP contribution in [0.1, 0.15) is 48.3 Å². The van der Waals surface area contributed by atoms with Crippen LogP contribution in [0.4, 0.5) is 0 Å². The van der Waals surface area contributed by atoms with E-state index in [1.165, 1.54) is 0 Å². The normalized spacial score (nSPS) is 23.4. The summed E-state index contributed by atoms with van der Waals surface area (Å²) in [6.45, 7) is 5.62. The van der Waals surface area contributed by atoms with Crippen molar-refractivity contribution >= 4 is 11.6 Å². The van der Waals surface area contributed by atoms with Crippen LogP contribution in [0.5, 0.6) is 0 Å². The van der Waals surface area contributed by atoms with E-state index in [-0.39, 0.29) is 17.5 Å². The Bertz CT molecular complexity index is 855. The lowest BCUT2D eigenvalue weighted by Crippen LogP contribution is -2.22. The van der Waals surface area contributed by atoms with Crippen molar-refractivity contribution in [2.75, 3.05) is 13.2 Å². The highest BCUT2D eigenvalue weighted by Gasteiger charge is 2.43. The van der Waals surface area contributed by atoms with Crippen molar-refractivity contribution in [3.05, 3.63) is 59.2 Å². The fourth-order valence-electron chi connectivity index (χ4n) is 4.97. The van der Waals surface area contributed by atoms with Gasteiger partial charge in [0, 0.05) is 25.6 Å². The molecule has 2 atom stereocenters. The molecular formula is C25H28O3. The molecule has 2 unspecified atom stereocenters. The molecule has 0 radical (unpaired) electrons. The van der Waals surface area contributed by atoms with Crippen molar-refractivity contribution in [3.63, 3.8) is 0 Å². The van der Waals surface area contributed by atoms with Gasteiger partial charge in [0.2, 0.25) is 0 Å². The molecule has 1 aliphatic carbocycles. The number of aryl methyl sites for hydroxylation is 2. The predicted octanol–water partition coefficient (Wildman–Crippen LogP) is 5.03. The smallest absolute Gasteiger partial charge is 0.151 e. The van der Waals surface area contributed by atoms with Gasteiger partial charge in [0.15, 0.2) is 5.78 Å². The minimum Gasteiger partial charge on any atom is -0.381 e. The standard InChI is InChI=1S/C25H28O3/c1-16-12-20(19-6-4-3-5-7-19)13-17(2)23(16)24-22(26)15-21(25(24)27)14-18-8-10-28-11-9-18/h3-7,12-13,18,21,24H,8-11,14-15H2,1-2H3. The summed E-state index contributed by atoms with van der Waals surface area (Å²) in [7, 11) is 0. The van der Waals surface area contributed by atoms with Crippen LogP contribution >= 0.6 is 0 Å². The number of carbonyl (C=O) groups excluding carboxylic acids is 2. The van der Waals surface area contributed by atoms with Crippen LogP contribution in [-0.4, -0.2) is 24.8 Å². The highest BCUT2D eigenvalue weighted by Crippen LogP contribution is 2.40. The van der Waals surface area contributed by atoms with Crippen LogP contribution in [0.15, 0.2) is 42.5 Å². The first-order valence-electron chi connectivity index (χ1n) is 10.4. The van der Waals surface area contributed by atoms with Gasteiger partial charge in [0.25, 0.3) is 0 Å². The highest BCUT2D eigenvalue weighted by atomic mass is 16.5. The topological polar surface area (TPSA) is 43.4 Å². The first-order chi connectivity index (χ1) is 13.5. The van der Waals surface area contributed by atoms with Gasteiger partial charge in [0.05, 0.1) is 0 Å². The van der Waals surface area contributed by atoms with E-state index in [1.54, 1.807) is 0 Å². The third-order valence-electron chi connectivity index (χ3n) is 6.40. The summed E-state index contributed by atoms with van der Waals surface area (Å²) < 4.78 is 5.43. The second-order valence-corrected chi connectivity index (χ2v) is 8.38. The molecule has 0 spiro atoms. The van der Waals surface area contributed by atoms with Gasteiger partial charge < -0.3 is 4.74 Å². The highest BCUT2D eigenvalue weighted by molar-refractivity contribution is 6.15. The summed E-state index contributed by atoms with van der Waals surface area (Å²) in [5.74, 6) is 0.0515. The van der Waals surface area contributed by atoms with Gasteiger partial charge in [-0.05, 0) is 66.8 Å². The molecule has 2 aromatic rings. The zero-order valence-electron chi connectivity index (χ0n) is 16.7. The maximum atomic E-state index is 13.2. The molecule has 1 aliphatic heterocycles. The molecule has 2 fully saturated rings. The number of Topliss-reactive ketones (excluding diaryl/α,β-unsaturated/α-hetero) is 2. The largest absolute Gasteiger partial charge is 0.381 e. The number of rotatable bonds is 4. The second kappa shape index (κ2) is 8.00. The lowest BCUT2D eigenvalue weighted by molar-refractivity contribution is -0.125. The summed E-state index contributed by atoms with van der Waals surface area (Å²) in [6, 6.07) is 14.5. The van der Waals surface area contributed by atoms with Crippen LogP contribution in [0.2, 0.25) is 0 Å². The van der Waals surface area contributed by atoms with E-state index in [0.29, 0.717) is 12.3 Å². The number of benzene rings is 2. The Hall–Kier alpha value is -2.26. The van der Waals surface area contributed by atoms with E-state index in [4.69, 9.17) is 4.74 Å². The van der Waals surface area contributed by atoms with Gasteiger partial charge >= 0.3 is 0 Å². The Morgan fingerprint density at radius 3 is 2.21 bits per heavy atom. The average Bonchev–Trinajstić information content (AvgIpc) is 2.96. The number of hydrogen-bond donors (Lipinski definition) is 0. The lowest BCUT2D eigenvalue weighted by Gasteiger charge is -2.24. The average molecular weight is 376 g/mol. The molecule has 1 heterocycles. The molecule has 4 rings (SSSR count). The Morgan fingerprint density at radius 1 is 0.929 bits per heavy atom. The molecule has 146 valence electrons. The van der Waals surface area contributed by atoms with Crippen LogP contribution in [0.25, 0.3) is 11.1 Å². The molecular weight excluding hydrogens is 348 g/mol. The van der Waals surface area contributed by atoms with Crippen molar-refractivity contribution in [1.29, 1.82) is 0 Å². The zero-order chi connectivity index (χ0) is 19.7. The molecule has 2 aromatic carbocycles. The maximum Gasteiger partial charge on any atom is 0.151 e. The molecule has 0 amide bonds. The molecule has 0 aromatic heterocycles. The summed E-state index contributed by atoms with van der Waals surface area (Å²) in [5.41, 5.74) is 5.30. The van der Waals surface area contributed by atoms with Gasteiger partial charge in [-0.15, -0.1) is 0 Å². The number of ketones is 2. The van der Waals surface area contributed by atoms with Crippen LogP contribution in [0, 0.1) is 25.7 Å². The number of carbonyl (C=O) groups is 2. The van der Waals surface area contributed by atoms with Crippen LogP contribution in [0.3, 0.4) is 0 Å². The Morgan fingerprint density at radius 2 is 1.57 bits per heavy atom. The maximum absolute atomic E-state index is 13.2. The summed E-state index contributed by atoms with van der Waals surface area (Å²) in [5, 5.41) is 0.